The van der Waals surface area contributed by atoms with Crippen LogP contribution in [0.5, 0.6) is 0 Å². The maximum absolute atomic E-state index is 7.36. The molecular weight excluding hydrogens is 347 g/mol. The van der Waals surface area contributed by atoms with Gasteiger partial charge in [0.15, 0.2) is 0 Å². The molecule has 6 heteroatoms. The molecule has 0 aromatic heterocycles. The molecule has 0 saturated heterocycles. The Balaban J connectivity index is 5.81. The summed E-state index contributed by atoms with van der Waals surface area (Å²) < 4.78 is 0. The highest BCUT2D eigenvalue weighted by molar-refractivity contribution is 7.92. The van der Waals surface area contributed by atoms with E-state index in [0.717, 1.165) is 9.81 Å². The van der Waals surface area contributed by atoms with E-state index in [1.165, 1.54) is 0 Å². The Bertz CT molecular complexity index is 260. The predicted octanol–water partition coefficient (Wildman–Crippen LogP) is 6.87. The van der Waals surface area contributed by atoms with Gasteiger partial charge in [0.05, 0.1) is 32.3 Å². The van der Waals surface area contributed by atoms with Crippen molar-refractivity contribution < 1.29 is 0 Å². The van der Waals surface area contributed by atoms with E-state index in [-0.39, 0.29) is 7.27 Å². The molecule has 0 nitrogen and oxygen atoms in total. The number of hydrogen-bond donors (Lipinski definition) is 0. The highest BCUT2D eigenvalue weighted by Crippen LogP contribution is 2.61. The second kappa shape index (κ2) is 6.60. The fourth-order valence-electron chi connectivity index (χ4n) is 4.23. The molecule has 0 aliphatic heterocycles. The zero-order valence-electron chi connectivity index (χ0n) is 16.0. The highest BCUT2D eigenvalue weighted by atomic mass is 35.7. The summed E-state index contributed by atoms with van der Waals surface area (Å²) in [6.45, 7) is 30.7. The molecule has 122 valence electrons. The molecule has 0 heterocycles. The summed E-state index contributed by atoms with van der Waals surface area (Å²) in [6, 6.07) is 0. The Labute approximate surface area is 139 Å². The smallest absolute Gasteiger partial charge is 0.0505 e. The Morgan fingerprint density at radius 1 is 0.500 bits per heavy atom. The average Bonchev–Trinajstić information content (AvgIpc) is 1.88. The van der Waals surface area contributed by atoms with E-state index in [1.807, 2.05) is 0 Å². The molecule has 0 rings (SSSR count). The van der Waals surface area contributed by atoms with Gasteiger partial charge in [0.1, 0.15) is 0 Å². The molecule has 20 heavy (non-hydrogen) atoms. The van der Waals surface area contributed by atoms with Crippen molar-refractivity contribution >= 4 is 50.8 Å². The van der Waals surface area contributed by atoms with E-state index in [4.69, 9.17) is 11.2 Å². The minimum atomic E-state index is -1.20. The summed E-state index contributed by atoms with van der Waals surface area (Å²) in [7, 11) is -5.15. The Morgan fingerprint density at radius 2 is 0.650 bits per heavy atom. The van der Waals surface area contributed by atoms with Crippen LogP contribution >= 0.6 is 18.5 Å². The summed E-state index contributed by atoms with van der Waals surface area (Å²) >= 11 is 7.36. The van der Waals surface area contributed by atoms with Crippen molar-refractivity contribution in [2.45, 2.75) is 88.4 Å². The highest BCUT2D eigenvalue weighted by Gasteiger charge is 2.51. The standard InChI is InChI=1S/C14H38ClPSi4/c1-17(2,3)13(18(4,5)6)16(15)14(19(7,8)9)20(10,11)12/h13-14H,1-12H3. The third kappa shape index (κ3) is 6.00. The SMILES string of the molecule is C[Si](C)(C)C(P(Cl)C([Si](C)(C)C)[Si](C)(C)C)[Si](C)(C)C. The van der Waals surface area contributed by atoms with Crippen LogP contribution in [0.25, 0.3) is 0 Å². The fraction of sp³-hybridized carbons (Fsp3) is 1.00. The third-order valence-corrected chi connectivity index (χ3v) is 37.5. The van der Waals surface area contributed by atoms with E-state index >= 15 is 0 Å². The normalized spacial score (nSPS) is 15.6. The van der Waals surface area contributed by atoms with Crippen LogP contribution in [0.2, 0.25) is 78.6 Å². The molecule has 0 saturated carbocycles. The van der Waals surface area contributed by atoms with Crippen molar-refractivity contribution in [3.05, 3.63) is 0 Å². The lowest BCUT2D eigenvalue weighted by Gasteiger charge is -2.50. The monoisotopic (exact) mass is 384 g/mol. The van der Waals surface area contributed by atoms with E-state index in [9.17, 15) is 0 Å². The molecule has 0 atom stereocenters. The lowest BCUT2D eigenvalue weighted by atomic mass is 11.7. The van der Waals surface area contributed by atoms with E-state index < -0.39 is 32.3 Å². The van der Waals surface area contributed by atoms with Gasteiger partial charge >= 0.3 is 0 Å². The van der Waals surface area contributed by atoms with Crippen LogP contribution in [-0.4, -0.2) is 42.1 Å². The first-order valence-corrected chi connectivity index (χ1v) is 24.5. The Hall–Kier alpha value is 1.59. The van der Waals surface area contributed by atoms with Crippen molar-refractivity contribution in [2.24, 2.45) is 0 Å². The van der Waals surface area contributed by atoms with Crippen LogP contribution in [0.1, 0.15) is 0 Å². The molecular formula is C14H38ClPSi4. The molecule has 0 N–H and O–H groups in total. The first kappa shape index (κ1) is 21.6. The van der Waals surface area contributed by atoms with Gasteiger partial charge in [0.25, 0.3) is 0 Å². The molecule has 0 aromatic carbocycles. The van der Waals surface area contributed by atoms with Crippen LogP contribution in [0.15, 0.2) is 0 Å². The zero-order chi connectivity index (χ0) is 16.7. The van der Waals surface area contributed by atoms with Crippen LogP contribution in [-0.2, 0) is 0 Å². The molecule has 0 radical (unpaired) electrons. The van der Waals surface area contributed by atoms with Gasteiger partial charge in [-0.1, -0.05) is 89.8 Å². The van der Waals surface area contributed by atoms with Gasteiger partial charge in [0, 0.05) is 0 Å². The van der Waals surface area contributed by atoms with E-state index in [0.29, 0.717) is 0 Å². The van der Waals surface area contributed by atoms with Gasteiger partial charge in [-0.15, -0.1) is 0 Å². The molecule has 0 fully saturated rings. The van der Waals surface area contributed by atoms with Gasteiger partial charge in [-0.25, -0.2) is 0 Å². The summed E-state index contributed by atoms with van der Waals surface area (Å²) in [5, 5.41) is 0. The largest absolute Gasteiger partial charge is 0.0971 e. The van der Waals surface area contributed by atoms with Crippen molar-refractivity contribution in [1.29, 1.82) is 0 Å². The molecule has 0 aromatic rings. The molecule has 0 aliphatic rings. The Morgan fingerprint density at radius 3 is 0.750 bits per heavy atom. The van der Waals surface area contributed by atoms with Gasteiger partial charge < -0.3 is 0 Å². The fourth-order valence-corrected chi connectivity index (χ4v) is 51.3. The number of rotatable bonds is 6. The minimum absolute atomic E-state index is 0.341. The van der Waals surface area contributed by atoms with Gasteiger partial charge in [0.2, 0.25) is 0 Å². The second-order valence-electron chi connectivity index (χ2n) is 10.6. The van der Waals surface area contributed by atoms with Gasteiger partial charge in [-0.2, -0.15) is 0 Å². The van der Waals surface area contributed by atoms with Gasteiger partial charge in [-0.05, 0) is 17.1 Å². The van der Waals surface area contributed by atoms with Crippen molar-refractivity contribution in [1.82, 2.24) is 0 Å². The average molecular weight is 385 g/mol. The Kier molecular flexibility index (Phi) is 7.13. The van der Waals surface area contributed by atoms with Crippen LogP contribution in [0.3, 0.4) is 0 Å². The quantitative estimate of drug-likeness (QED) is 0.346. The second-order valence-corrected chi connectivity index (χ2v) is 37.8. The predicted molar refractivity (Wildman–Crippen MR) is 114 cm³/mol. The zero-order valence-corrected chi connectivity index (χ0v) is 21.6. The summed E-state index contributed by atoms with van der Waals surface area (Å²) in [4.78, 5) is 1.77. The van der Waals surface area contributed by atoms with Crippen molar-refractivity contribution in [3.8, 4) is 0 Å². The maximum Gasteiger partial charge on any atom is 0.0505 e. The van der Waals surface area contributed by atoms with Gasteiger partial charge in [-0.3, -0.25) is 0 Å². The molecule has 0 amide bonds. The lowest BCUT2D eigenvalue weighted by Crippen LogP contribution is -2.59. The topological polar surface area (TPSA) is 0 Å². The van der Waals surface area contributed by atoms with E-state index in [1.54, 1.807) is 0 Å². The minimum Gasteiger partial charge on any atom is -0.0971 e. The summed E-state index contributed by atoms with van der Waals surface area (Å²) in [6.07, 6.45) is 0. The molecule has 0 spiro atoms. The van der Waals surface area contributed by atoms with Crippen molar-refractivity contribution in [2.75, 3.05) is 0 Å². The third-order valence-electron chi connectivity index (χ3n) is 3.77. The molecule has 0 bridgehead atoms. The number of halogens is 1. The van der Waals surface area contributed by atoms with Crippen molar-refractivity contribution in [3.63, 3.8) is 0 Å². The maximum atomic E-state index is 7.36. The summed E-state index contributed by atoms with van der Waals surface area (Å²) in [5.41, 5.74) is 0. The summed E-state index contributed by atoms with van der Waals surface area (Å²) in [5.74, 6) is 0. The lowest BCUT2D eigenvalue weighted by molar-refractivity contribution is 1.39. The van der Waals surface area contributed by atoms with Crippen LogP contribution < -0.4 is 0 Å². The molecule has 0 unspecified atom stereocenters. The molecule has 0 aliphatic carbocycles. The number of hydrogen-bond acceptors (Lipinski definition) is 0. The van der Waals surface area contributed by atoms with E-state index in [2.05, 4.69) is 78.6 Å². The van der Waals surface area contributed by atoms with Crippen LogP contribution in [0.4, 0.5) is 0 Å². The first-order valence-electron chi connectivity index (χ1n) is 7.84. The van der Waals surface area contributed by atoms with Crippen LogP contribution in [0, 0.1) is 0 Å². The first-order chi connectivity index (χ1) is 8.40.